The van der Waals surface area contributed by atoms with E-state index in [4.69, 9.17) is 0 Å². The molecule has 2 aromatic rings. The van der Waals surface area contributed by atoms with Crippen molar-refractivity contribution in [3.8, 4) is 0 Å². The Morgan fingerprint density at radius 2 is 1.75 bits per heavy atom. The van der Waals surface area contributed by atoms with E-state index in [0.717, 1.165) is 31.5 Å². The van der Waals surface area contributed by atoms with Gasteiger partial charge in [0.15, 0.2) is 9.84 Å². The van der Waals surface area contributed by atoms with Crippen LogP contribution in [0.25, 0.3) is 0 Å². The van der Waals surface area contributed by atoms with Crippen molar-refractivity contribution in [2.24, 2.45) is 0 Å². The van der Waals surface area contributed by atoms with Gasteiger partial charge in [-0.25, -0.2) is 18.4 Å². The largest absolute Gasteiger partial charge is 0.352 e. The number of hydrogen-bond donors (Lipinski definition) is 1. The van der Waals surface area contributed by atoms with Gasteiger partial charge >= 0.3 is 0 Å². The molecule has 1 amide bonds. The minimum absolute atomic E-state index is 0.00742. The van der Waals surface area contributed by atoms with Gasteiger partial charge in [0.05, 0.1) is 5.75 Å². The second-order valence-corrected chi connectivity index (χ2v) is 9.24. The van der Waals surface area contributed by atoms with Gasteiger partial charge in [-0.3, -0.25) is 4.79 Å². The smallest absolute Gasteiger partial charge is 0.235 e. The Hall–Kier alpha value is -2.48. The summed E-state index contributed by atoms with van der Waals surface area (Å²) >= 11 is 0. The molecule has 1 aromatic heterocycles. The molecule has 1 N–H and O–H groups in total. The molecule has 0 radical (unpaired) electrons. The van der Waals surface area contributed by atoms with Crippen molar-refractivity contribution in [1.82, 2.24) is 15.3 Å². The lowest BCUT2D eigenvalue weighted by Gasteiger charge is -2.32. The number of piperidine rings is 1. The Balaban J connectivity index is 1.39. The van der Waals surface area contributed by atoms with Crippen molar-refractivity contribution < 1.29 is 13.2 Å². The van der Waals surface area contributed by atoms with E-state index in [-0.39, 0.29) is 11.8 Å². The number of rotatable bonds is 8. The second-order valence-electron chi connectivity index (χ2n) is 7.06. The molecule has 0 saturated carbocycles. The maximum Gasteiger partial charge on any atom is 0.235 e. The van der Waals surface area contributed by atoms with Crippen molar-refractivity contribution in [3.63, 3.8) is 0 Å². The first kappa shape index (κ1) is 20.3. The fourth-order valence-corrected chi connectivity index (χ4v) is 4.57. The first-order chi connectivity index (χ1) is 13.5. The second kappa shape index (κ2) is 9.64. The predicted molar refractivity (Wildman–Crippen MR) is 109 cm³/mol. The number of nitrogens with one attached hydrogen (secondary N) is 1. The van der Waals surface area contributed by atoms with E-state index in [2.05, 4.69) is 20.2 Å². The van der Waals surface area contributed by atoms with Gasteiger partial charge in [0.2, 0.25) is 11.9 Å². The van der Waals surface area contributed by atoms with Crippen molar-refractivity contribution in [1.29, 1.82) is 0 Å². The quantitative estimate of drug-likeness (QED) is 0.721. The molecule has 150 valence electrons. The number of benzene rings is 1. The third-order valence-electron chi connectivity index (χ3n) is 4.81. The molecular weight excluding hydrogens is 376 g/mol. The molecule has 2 heterocycles. The van der Waals surface area contributed by atoms with Crippen molar-refractivity contribution >= 4 is 21.7 Å². The molecule has 1 saturated heterocycles. The lowest BCUT2D eigenvalue weighted by Crippen LogP contribution is -2.46. The molecule has 1 fully saturated rings. The fourth-order valence-electron chi connectivity index (χ4n) is 3.36. The van der Waals surface area contributed by atoms with Gasteiger partial charge in [-0.15, -0.1) is 0 Å². The van der Waals surface area contributed by atoms with Crippen LogP contribution in [0.4, 0.5) is 5.95 Å². The van der Waals surface area contributed by atoms with E-state index in [9.17, 15) is 13.2 Å². The molecule has 1 aromatic carbocycles. The highest BCUT2D eigenvalue weighted by Crippen LogP contribution is 2.15. The molecule has 0 aliphatic carbocycles. The summed E-state index contributed by atoms with van der Waals surface area (Å²) in [7, 11) is -3.40. The lowest BCUT2D eigenvalue weighted by atomic mass is 10.1. The number of carbonyl (C=O) groups is 1. The van der Waals surface area contributed by atoms with Crippen LogP contribution in [0.1, 0.15) is 24.8 Å². The van der Waals surface area contributed by atoms with Crippen molar-refractivity contribution in [3.05, 3.63) is 54.4 Å². The minimum atomic E-state index is -3.40. The molecule has 1 aliphatic heterocycles. The molecule has 8 heteroatoms. The first-order valence-electron chi connectivity index (χ1n) is 9.57. The molecular formula is C20H26N4O3S. The Kier molecular flexibility index (Phi) is 6.97. The highest BCUT2D eigenvalue weighted by Gasteiger charge is 2.24. The van der Waals surface area contributed by atoms with Crippen LogP contribution in [-0.4, -0.2) is 54.9 Å². The Morgan fingerprint density at radius 3 is 2.43 bits per heavy atom. The number of nitrogens with zero attached hydrogens (tertiary/aromatic N) is 3. The van der Waals surface area contributed by atoms with Crippen LogP contribution < -0.4 is 10.2 Å². The van der Waals surface area contributed by atoms with E-state index in [1.165, 1.54) is 0 Å². The summed E-state index contributed by atoms with van der Waals surface area (Å²) in [6.45, 7) is 1.47. The standard InChI is InChI=1S/C20H26N4O3S/c25-19(16-28(26,27)15-4-8-17-6-2-1-3-7-17)23-18-9-13-24(14-10-18)20-21-11-5-12-22-20/h1-3,5-7,11-12,18H,4,8-10,13-16H2,(H,23,25). The van der Waals surface area contributed by atoms with Crippen LogP contribution in [0.5, 0.6) is 0 Å². The zero-order valence-electron chi connectivity index (χ0n) is 15.8. The molecule has 0 atom stereocenters. The first-order valence-corrected chi connectivity index (χ1v) is 11.4. The number of anilines is 1. The third kappa shape index (κ3) is 6.30. The summed E-state index contributed by atoms with van der Waals surface area (Å²) in [5, 5.41) is 2.87. The van der Waals surface area contributed by atoms with E-state index in [1.807, 2.05) is 30.3 Å². The average molecular weight is 403 g/mol. The lowest BCUT2D eigenvalue weighted by molar-refractivity contribution is -0.119. The van der Waals surface area contributed by atoms with E-state index < -0.39 is 21.5 Å². The van der Waals surface area contributed by atoms with E-state index in [0.29, 0.717) is 18.8 Å². The number of sulfone groups is 1. The number of amides is 1. The molecule has 28 heavy (non-hydrogen) atoms. The van der Waals surface area contributed by atoms with Crippen LogP contribution in [0.15, 0.2) is 48.8 Å². The summed E-state index contributed by atoms with van der Waals surface area (Å²) in [4.78, 5) is 22.7. The normalized spacial score (nSPS) is 15.4. The highest BCUT2D eigenvalue weighted by molar-refractivity contribution is 7.92. The maximum atomic E-state index is 12.2. The Bertz CT molecular complexity index is 852. The topological polar surface area (TPSA) is 92.3 Å². The van der Waals surface area contributed by atoms with Gasteiger partial charge in [-0.1, -0.05) is 30.3 Å². The zero-order valence-corrected chi connectivity index (χ0v) is 16.6. The molecule has 7 nitrogen and oxygen atoms in total. The van der Waals surface area contributed by atoms with Crippen LogP contribution in [-0.2, 0) is 21.1 Å². The summed E-state index contributed by atoms with van der Waals surface area (Å²) in [6.07, 6.45) is 6.13. The van der Waals surface area contributed by atoms with Crippen LogP contribution >= 0.6 is 0 Å². The van der Waals surface area contributed by atoms with Crippen molar-refractivity contribution in [2.75, 3.05) is 29.5 Å². The van der Waals surface area contributed by atoms with E-state index >= 15 is 0 Å². The molecule has 1 aliphatic rings. The fraction of sp³-hybridized carbons (Fsp3) is 0.450. The van der Waals surface area contributed by atoms with Gasteiger partial charge in [0.1, 0.15) is 5.75 Å². The third-order valence-corrected chi connectivity index (χ3v) is 6.42. The summed E-state index contributed by atoms with van der Waals surface area (Å²) in [5.41, 5.74) is 1.11. The van der Waals surface area contributed by atoms with E-state index in [1.54, 1.807) is 18.5 Å². The van der Waals surface area contributed by atoms with Gasteiger partial charge < -0.3 is 10.2 Å². The summed E-state index contributed by atoms with van der Waals surface area (Å²) < 4.78 is 24.4. The SMILES string of the molecule is O=C(CS(=O)(=O)CCCc1ccccc1)NC1CCN(c2ncccn2)CC1. The molecule has 0 bridgehead atoms. The monoisotopic (exact) mass is 402 g/mol. The number of carbonyl (C=O) groups excluding carboxylic acids is 1. The predicted octanol–water partition coefficient (Wildman–Crippen LogP) is 1.61. The summed E-state index contributed by atoms with van der Waals surface area (Å²) in [6, 6.07) is 11.5. The number of hydrogen-bond acceptors (Lipinski definition) is 6. The van der Waals surface area contributed by atoms with Crippen molar-refractivity contribution in [2.45, 2.75) is 31.7 Å². The zero-order chi connectivity index (χ0) is 19.8. The van der Waals surface area contributed by atoms with Gasteiger partial charge in [-0.05, 0) is 37.3 Å². The maximum absolute atomic E-state index is 12.2. The highest BCUT2D eigenvalue weighted by atomic mass is 32.2. The van der Waals surface area contributed by atoms with Gasteiger partial charge in [0.25, 0.3) is 0 Å². The Morgan fingerprint density at radius 1 is 1.07 bits per heavy atom. The van der Waals surface area contributed by atoms with Crippen LogP contribution in [0, 0.1) is 0 Å². The van der Waals surface area contributed by atoms with Gasteiger partial charge in [-0.2, -0.15) is 0 Å². The summed E-state index contributed by atoms with van der Waals surface area (Å²) in [5.74, 6) is -0.134. The number of aryl methyl sites for hydroxylation is 1. The molecule has 0 unspecified atom stereocenters. The number of aromatic nitrogens is 2. The molecule has 0 spiro atoms. The minimum Gasteiger partial charge on any atom is -0.352 e. The molecule has 3 rings (SSSR count). The Labute approximate surface area is 166 Å². The van der Waals surface area contributed by atoms with Crippen LogP contribution in [0.2, 0.25) is 0 Å². The van der Waals surface area contributed by atoms with Gasteiger partial charge in [0, 0.05) is 31.5 Å². The average Bonchev–Trinajstić information content (AvgIpc) is 2.69. The van der Waals surface area contributed by atoms with Crippen LogP contribution in [0.3, 0.4) is 0 Å².